The summed E-state index contributed by atoms with van der Waals surface area (Å²) in [7, 11) is 0. The Balaban J connectivity index is 1.62. The Hall–Kier alpha value is -2.94. The standard InChI is InChI=1S/C22H24FN3O2/c1-22(25-20(27)18-8-4-5-16(13-18)15-24)10-12-26(21(22)28)11-9-17-6-2-3-7-19(17)14-23/h2-6,8,13,19H,7,9-12,14H2,1H3,(H,25,27). The van der Waals surface area contributed by atoms with Crippen LogP contribution in [0.5, 0.6) is 0 Å². The Bertz CT molecular complexity index is 871. The average molecular weight is 381 g/mol. The predicted octanol–water partition coefficient (Wildman–Crippen LogP) is 3.14. The number of rotatable bonds is 6. The highest BCUT2D eigenvalue weighted by Crippen LogP contribution is 2.27. The number of halogens is 1. The molecule has 0 saturated carbocycles. The summed E-state index contributed by atoms with van der Waals surface area (Å²) >= 11 is 0. The number of benzene rings is 1. The molecule has 0 aromatic heterocycles. The van der Waals surface area contributed by atoms with Crippen molar-refractivity contribution < 1.29 is 14.0 Å². The van der Waals surface area contributed by atoms with Crippen LogP contribution in [0.1, 0.15) is 42.1 Å². The van der Waals surface area contributed by atoms with Crippen molar-refractivity contribution in [2.45, 2.75) is 31.7 Å². The SMILES string of the molecule is CC1(NC(=O)c2cccc(C#N)c2)CCN(CCC2=CC=CCC2CF)C1=O. The molecular formula is C22H24FN3O2. The van der Waals surface area contributed by atoms with Gasteiger partial charge in [0.25, 0.3) is 5.91 Å². The Morgan fingerprint density at radius 1 is 1.46 bits per heavy atom. The van der Waals surface area contributed by atoms with Gasteiger partial charge < -0.3 is 10.2 Å². The number of alkyl halides is 1. The lowest BCUT2D eigenvalue weighted by atomic mass is 9.90. The van der Waals surface area contributed by atoms with Crippen LogP contribution in [0.2, 0.25) is 0 Å². The van der Waals surface area contributed by atoms with E-state index in [1.165, 1.54) is 6.07 Å². The lowest BCUT2D eigenvalue weighted by molar-refractivity contribution is -0.132. The number of likely N-dealkylation sites (tertiary alicyclic amines) is 1. The molecular weight excluding hydrogens is 357 g/mol. The van der Waals surface area contributed by atoms with E-state index in [0.29, 0.717) is 43.5 Å². The molecule has 0 radical (unpaired) electrons. The first-order valence-electron chi connectivity index (χ1n) is 9.50. The van der Waals surface area contributed by atoms with Crippen molar-refractivity contribution in [2.75, 3.05) is 19.8 Å². The summed E-state index contributed by atoms with van der Waals surface area (Å²) in [6.07, 6.45) is 7.69. The Kier molecular flexibility index (Phi) is 5.93. The number of carbonyl (C=O) groups is 2. The maximum Gasteiger partial charge on any atom is 0.252 e. The molecule has 1 aromatic carbocycles. The first kappa shape index (κ1) is 19.8. The van der Waals surface area contributed by atoms with Gasteiger partial charge in [0.2, 0.25) is 5.91 Å². The zero-order valence-electron chi connectivity index (χ0n) is 16.0. The van der Waals surface area contributed by atoms with Crippen molar-refractivity contribution in [3.05, 3.63) is 59.2 Å². The number of carbonyl (C=O) groups excluding carboxylic acids is 2. The van der Waals surface area contributed by atoms with E-state index in [0.717, 1.165) is 5.57 Å². The highest BCUT2D eigenvalue weighted by Gasteiger charge is 2.43. The summed E-state index contributed by atoms with van der Waals surface area (Å²) < 4.78 is 13.2. The summed E-state index contributed by atoms with van der Waals surface area (Å²) in [6.45, 7) is 2.41. The zero-order valence-corrected chi connectivity index (χ0v) is 16.0. The molecule has 1 N–H and O–H groups in total. The predicted molar refractivity (Wildman–Crippen MR) is 104 cm³/mol. The second-order valence-corrected chi connectivity index (χ2v) is 7.53. The first-order chi connectivity index (χ1) is 13.5. The molecule has 2 aliphatic rings. The molecule has 6 heteroatoms. The molecule has 1 fully saturated rings. The van der Waals surface area contributed by atoms with E-state index in [9.17, 15) is 14.0 Å². The van der Waals surface area contributed by atoms with E-state index in [2.05, 4.69) is 5.32 Å². The molecule has 1 aliphatic heterocycles. The monoisotopic (exact) mass is 381 g/mol. The fraction of sp³-hybridized carbons (Fsp3) is 0.409. The van der Waals surface area contributed by atoms with E-state index in [1.807, 2.05) is 24.3 Å². The molecule has 0 spiro atoms. The van der Waals surface area contributed by atoms with Gasteiger partial charge in [0.15, 0.2) is 0 Å². The average Bonchev–Trinajstić information content (AvgIpc) is 3.00. The van der Waals surface area contributed by atoms with Gasteiger partial charge in [-0.25, -0.2) is 0 Å². The summed E-state index contributed by atoms with van der Waals surface area (Å²) in [6, 6.07) is 8.41. The molecule has 2 unspecified atom stereocenters. The third-order valence-corrected chi connectivity index (χ3v) is 5.53. The van der Waals surface area contributed by atoms with Crippen molar-refractivity contribution in [1.82, 2.24) is 10.2 Å². The van der Waals surface area contributed by atoms with Crippen LogP contribution in [0.25, 0.3) is 0 Å². The van der Waals surface area contributed by atoms with Crippen LogP contribution in [-0.4, -0.2) is 42.0 Å². The lowest BCUT2D eigenvalue weighted by Gasteiger charge is -2.26. The van der Waals surface area contributed by atoms with Gasteiger partial charge in [0.05, 0.1) is 18.3 Å². The highest BCUT2D eigenvalue weighted by molar-refractivity contribution is 6.00. The topological polar surface area (TPSA) is 73.2 Å². The molecule has 146 valence electrons. The summed E-state index contributed by atoms with van der Waals surface area (Å²) in [4.78, 5) is 27.2. The molecule has 28 heavy (non-hydrogen) atoms. The van der Waals surface area contributed by atoms with Crippen LogP contribution in [-0.2, 0) is 4.79 Å². The fourth-order valence-corrected chi connectivity index (χ4v) is 3.73. The molecule has 3 rings (SSSR count). The van der Waals surface area contributed by atoms with Gasteiger partial charge in [-0.1, -0.05) is 29.9 Å². The molecule has 1 heterocycles. The number of nitrogens with zero attached hydrogens (tertiary/aromatic N) is 2. The number of amides is 2. The smallest absolute Gasteiger partial charge is 0.252 e. The van der Waals surface area contributed by atoms with Crippen molar-refractivity contribution in [1.29, 1.82) is 5.26 Å². The number of allylic oxidation sites excluding steroid dienone is 3. The van der Waals surface area contributed by atoms with Crippen molar-refractivity contribution in [3.8, 4) is 6.07 Å². The molecule has 1 aliphatic carbocycles. The van der Waals surface area contributed by atoms with Crippen molar-refractivity contribution >= 4 is 11.8 Å². The second-order valence-electron chi connectivity index (χ2n) is 7.53. The summed E-state index contributed by atoms with van der Waals surface area (Å²) in [5.41, 5.74) is 0.815. The maximum atomic E-state index is 13.2. The summed E-state index contributed by atoms with van der Waals surface area (Å²) in [5, 5.41) is 11.8. The number of hydrogen-bond donors (Lipinski definition) is 1. The van der Waals surface area contributed by atoms with E-state index in [1.54, 1.807) is 30.0 Å². The number of nitriles is 1. The first-order valence-corrected chi connectivity index (χ1v) is 9.50. The fourth-order valence-electron chi connectivity index (χ4n) is 3.73. The van der Waals surface area contributed by atoms with Gasteiger partial charge in [-0.05, 0) is 44.4 Å². The number of nitrogens with one attached hydrogen (secondary N) is 1. The van der Waals surface area contributed by atoms with E-state index < -0.39 is 5.54 Å². The molecule has 5 nitrogen and oxygen atoms in total. The lowest BCUT2D eigenvalue weighted by Crippen LogP contribution is -2.52. The number of hydrogen-bond acceptors (Lipinski definition) is 3. The molecule has 1 saturated heterocycles. The summed E-state index contributed by atoms with van der Waals surface area (Å²) in [5.74, 6) is -0.588. The minimum Gasteiger partial charge on any atom is -0.340 e. The Morgan fingerprint density at radius 2 is 2.29 bits per heavy atom. The van der Waals surface area contributed by atoms with E-state index in [4.69, 9.17) is 5.26 Å². The quantitative estimate of drug-likeness (QED) is 0.823. The van der Waals surface area contributed by atoms with Crippen LogP contribution in [0.4, 0.5) is 4.39 Å². The minimum absolute atomic E-state index is 0.0961. The van der Waals surface area contributed by atoms with Gasteiger partial charge in [-0.2, -0.15) is 5.26 Å². The van der Waals surface area contributed by atoms with Crippen LogP contribution in [0, 0.1) is 17.2 Å². The van der Waals surface area contributed by atoms with Crippen LogP contribution < -0.4 is 5.32 Å². The van der Waals surface area contributed by atoms with E-state index >= 15 is 0 Å². The van der Waals surface area contributed by atoms with Gasteiger partial charge >= 0.3 is 0 Å². The molecule has 2 amide bonds. The zero-order chi connectivity index (χ0) is 20.1. The van der Waals surface area contributed by atoms with E-state index in [-0.39, 0.29) is 24.4 Å². The van der Waals surface area contributed by atoms with Crippen molar-refractivity contribution in [2.24, 2.45) is 5.92 Å². The van der Waals surface area contributed by atoms with Gasteiger partial charge in [0.1, 0.15) is 5.54 Å². The van der Waals surface area contributed by atoms with Crippen molar-refractivity contribution in [3.63, 3.8) is 0 Å². The minimum atomic E-state index is -0.972. The van der Waals surface area contributed by atoms with Crippen LogP contribution in [0.3, 0.4) is 0 Å². The second kappa shape index (κ2) is 8.39. The van der Waals surface area contributed by atoms with Gasteiger partial charge in [0, 0.05) is 24.6 Å². The Morgan fingerprint density at radius 3 is 3.04 bits per heavy atom. The highest BCUT2D eigenvalue weighted by atomic mass is 19.1. The third-order valence-electron chi connectivity index (χ3n) is 5.53. The van der Waals surface area contributed by atoms with Crippen LogP contribution >= 0.6 is 0 Å². The van der Waals surface area contributed by atoms with Gasteiger partial charge in [-0.15, -0.1) is 0 Å². The van der Waals surface area contributed by atoms with Crippen LogP contribution in [0.15, 0.2) is 48.1 Å². The van der Waals surface area contributed by atoms with Gasteiger partial charge in [-0.3, -0.25) is 14.0 Å². The molecule has 0 bridgehead atoms. The largest absolute Gasteiger partial charge is 0.340 e. The maximum absolute atomic E-state index is 13.2. The molecule has 2 atom stereocenters. The molecule has 1 aromatic rings. The normalized spacial score (nSPS) is 24.0. The third kappa shape index (κ3) is 4.14. The Labute approximate surface area is 164 Å².